The zero-order chi connectivity index (χ0) is 14.4. The molecule has 0 radical (unpaired) electrons. The molecule has 2 aromatic rings. The van der Waals surface area contributed by atoms with Gasteiger partial charge in [-0.2, -0.15) is 0 Å². The zero-order valence-electron chi connectivity index (χ0n) is 11.9. The van der Waals surface area contributed by atoms with Crippen molar-refractivity contribution in [3.05, 3.63) is 53.8 Å². The quantitative estimate of drug-likeness (QED) is 0.803. The molecule has 0 aliphatic carbocycles. The van der Waals surface area contributed by atoms with Gasteiger partial charge in [0, 0.05) is 17.7 Å². The highest BCUT2D eigenvalue weighted by Crippen LogP contribution is 2.30. The number of rotatable bonds is 6. The molecule has 0 saturated heterocycles. The third-order valence-corrected chi connectivity index (χ3v) is 3.21. The predicted molar refractivity (Wildman–Crippen MR) is 80.4 cm³/mol. The molecule has 0 aliphatic rings. The van der Waals surface area contributed by atoms with Crippen molar-refractivity contribution >= 4 is 0 Å². The van der Waals surface area contributed by atoms with Gasteiger partial charge >= 0.3 is 0 Å². The zero-order valence-corrected chi connectivity index (χ0v) is 11.9. The van der Waals surface area contributed by atoms with Crippen molar-refractivity contribution in [3.8, 4) is 16.9 Å². The highest BCUT2D eigenvalue weighted by Gasteiger charge is 2.08. The number of benzene rings is 2. The molecule has 0 unspecified atom stereocenters. The smallest absolute Gasteiger partial charge is 0.128 e. The Morgan fingerprint density at radius 2 is 1.95 bits per heavy atom. The normalized spacial score (nSPS) is 10.6. The number of methoxy groups -OCH3 is 1. The Balaban J connectivity index is 2.24. The van der Waals surface area contributed by atoms with Crippen molar-refractivity contribution in [1.82, 2.24) is 5.32 Å². The van der Waals surface area contributed by atoms with Crippen LogP contribution < -0.4 is 10.1 Å². The molecule has 0 fully saturated rings. The third-order valence-electron chi connectivity index (χ3n) is 3.21. The van der Waals surface area contributed by atoms with Crippen LogP contribution in [0.25, 0.3) is 11.1 Å². The minimum atomic E-state index is -0.183. The first-order valence-corrected chi connectivity index (χ1v) is 6.88. The molecule has 0 aromatic heterocycles. The summed E-state index contributed by atoms with van der Waals surface area (Å²) in [6.45, 7) is 3.55. The molecule has 2 aromatic carbocycles. The van der Waals surface area contributed by atoms with Crippen LogP contribution in [-0.2, 0) is 6.54 Å². The Morgan fingerprint density at radius 3 is 2.65 bits per heavy atom. The van der Waals surface area contributed by atoms with Crippen LogP contribution in [0.1, 0.15) is 18.9 Å². The first-order valence-electron chi connectivity index (χ1n) is 6.88. The molecule has 3 heteroatoms. The number of nitrogens with one attached hydrogen (secondary N) is 1. The first-order chi connectivity index (χ1) is 9.76. The van der Waals surface area contributed by atoms with E-state index in [1.807, 2.05) is 36.4 Å². The molecule has 0 atom stereocenters. The van der Waals surface area contributed by atoms with Crippen LogP contribution in [0.15, 0.2) is 42.5 Å². The van der Waals surface area contributed by atoms with Crippen LogP contribution in [0.5, 0.6) is 5.75 Å². The fraction of sp³-hybridized carbons (Fsp3) is 0.294. The molecule has 0 bridgehead atoms. The fourth-order valence-electron chi connectivity index (χ4n) is 2.14. The number of para-hydroxylation sites is 1. The molecule has 0 aliphatic heterocycles. The van der Waals surface area contributed by atoms with Crippen molar-refractivity contribution in [3.63, 3.8) is 0 Å². The maximum atomic E-state index is 14.1. The Kier molecular flexibility index (Phi) is 5.13. The Morgan fingerprint density at radius 1 is 1.15 bits per heavy atom. The van der Waals surface area contributed by atoms with Crippen LogP contribution in [-0.4, -0.2) is 13.7 Å². The largest absolute Gasteiger partial charge is 0.496 e. The average molecular weight is 273 g/mol. The van der Waals surface area contributed by atoms with Gasteiger partial charge in [-0.3, -0.25) is 0 Å². The fourth-order valence-corrected chi connectivity index (χ4v) is 2.14. The van der Waals surface area contributed by atoms with Crippen molar-refractivity contribution in [2.24, 2.45) is 0 Å². The molecule has 20 heavy (non-hydrogen) atoms. The summed E-state index contributed by atoms with van der Waals surface area (Å²) in [6, 6.07) is 13.0. The van der Waals surface area contributed by atoms with E-state index in [1.54, 1.807) is 13.2 Å². The molecule has 1 N–H and O–H groups in total. The van der Waals surface area contributed by atoms with Gasteiger partial charge in [0.1, 0.15) is 11.6 Å². The summed E-state index contributed by atoms with van der Waals surface area (Å²) in [7, 11) is 1.62. The molecule has 0 amide bonds. The van der Waals surface area contributed by atoms with Crippen molar-refractivity contribution < 1.29 is 9.13 Å². The minimum absolute atomic E-state index is 0.183. The van der Waals surface area contributed by atoms with Gasteiger partial charge in [0.25, 0.3) is 0 Å². The summed E-state index contributed by atoms with van der Waals surface area (Å²) in [5.41, 5.74) is 2.43. The number of hydrogen-bond donors (Lipinski definition) is 1. The standard InChI is InChI=1S/C17H20FNO/c1-3-10-19-12-14-9-8-13(11-16(14)18)15-6-4-5-7-17(15)20-2/h4-9,11,19H,3,10,12H2,1-2H3. The molecular formula is C17H20FNO. The molecule has 2 nitrogen and oxygen atoms in total. The van der Waals surface area contributed by atoms with E-state index in [4.69, 9.17) is 4.74 Å². The van der Waals surface area contributed by atoms with E-state index in [9.17, 15) is 4.39 Å². The number of ether oxygens (including phenoxy) is 1. The molecule has 0 saturated carbocycles. The predicted octanol–water partition coefficient (Wildman–Crippen LogP) is 4.00. The second-order valence-corrected chi connectivity index (χ2v) is 4.68. The van der Waals surface area contributed by atoms with Crippen LogP contribution in [0.4, 0.5) is 4.39 Å². The van der Waals surface area contributed by atoms with Crippen LogP contribution in [0.2, 0.25) is 0 Å². The maximum absolute atomic E-state index is 14.1. The van der Waals surface area contributed by atoms with Gasteiger partial charge in [0.05, 0.1) is 7.11 Å². The second kappa shape index (κ2) is 7.06. The van der Waals surface area contributed by atoms with Gasteiger partial charge in [-0.25, -0.2) is 4.39 Å². The van der Waals surface area contributed by atoms with Crippen LogP contribution in [0, 0.1) is 5.82 Å². The van der Waals surface area contributed by atoms with Gasteiger partial charge in [0.2, 0.25) is 0 Å². The van der Waals surface area contributed by atoms with Crippen LogP contribution in [0.3, 0.4) is 0 Å². The van der Waals surface area contributed by atoms with Gasteiger partial charge in [-0.05, 0) is 30.7 Å². The van der Waals surface area contributed by atoms with Crippen LogP contribution >= 0.6 is 0 Å². The Hall–Kier alpha value is -1.87. The van der Waals surface area contributed by atoms with Crippen molar-refractivity contribution in [1.29, 1.82) is 0 Å². The first kappa shape index (κ1) is 14.5. The van der Waals surface area contributed by atoms with E-state index in [2.05, 4.69) is 12.2 Å². The summed E-state index contributed by atoms with van der Waals surface area (Å²) >= 11 is 0. The van der Waals surface area contributed by atoms with Gasteiger partial charge < -0.3 is 10.1 Å². The molecule has 0 heterocycles. The lowest BCUT2D eigenvalue weighted by Gasteiger charge is -2.10. The summed E-state index contributed by atoms with van der Waals surface area (Å²) in [6.07, 6.45) is 1.04. The van der Waals surface area contributed by atoms with E-state index in [0.29, 0.717) is 12.1 Å². The van der Waals surface area contributed by atoms with E-state index in [1.165, 1.54) is 0 Å². The highest BCUT2D eigenvalue weighted by molar-refractivity contribution is 5.70. The molecule has 106 valence electrons. The number of hydrogen-bond acceptors (Lipinski definition) is 2. The second-order valence-electron chi connectivity index (χ2n) is 4.68. The molecular weight excluding hydrogens is 253 g/mol. The number of halogens is 1. The maximum Gasteiger partial charge on any atom is 0.128 e. The van der Waals surface area contributed by atoms with Gasteiger partial charge in [-0.1, -0.05) is 37.3 Å². The molecule has 0 spiro atoms. The van der Waals surface area contributed by atoms with E-state index < -0.39 is 0 Å². The topological polar surface area (TPSA) is 21.3 Å². The average Bonchev–Trinajstić information content (AvgIpc) is 2.49. The summed E-state index contributed by atoms with van der Waals surface area (Å²) < 4.78 is 19.4. The SMILES string of the molecule is CCCNCc1ccc(-c2ccccc2OC)cc1F. The Bertz CT molecular complexity index is 569. The lowest BCUT2D eigenvalue weighted by Crippen LogP contribution is -2.14. The summed E-state index contributed by atoms with van der Waals surface area (Å²) in [5.74, 6) is 0.570. The van der Waals surface area contributed by atoms with E-state index in [0.717, 1.165) is 29.8 Å². The Labute approximate surface area is 119 Å². The van der Waals surface area contributed by atoms with Gasteiger partial charge in [-0.15, -0.1) is 0 Å². The van der Waals surface area contributed by atoms with Crippen molar-refractivity contribution in [2.75, 3.05) is 13.7 Å². The third kappa shape index (κ3) is 3.36. The monoisotopic (exact) mass is 273 g/mol. The lowest BCUT2D eigenvalue weighted by molar-refractivity contribution is 0.416. The van der Waals surface area contributed by atoms with Gasteiger partial charge in [0.15, 0.2) is 0 Å². The van der Waals surface area contributed by atoms with E-state index in [-0.39, 0.29) is 5.82 Å². The highest BCUT2D eigenvalue weighted by atomic mass is 19.1. The lowest BCUT2D eigenvalue weighted by atomic mass is 10.0. The summed E-state index contributed by atoms with van der Waals surface area (Å²) in [4.78, 5) is 0. The van der Waals surface area contributed by atoms with Crippen molar-refractivity contribution in [2.45, 2.75) is 19.9 Å². The van der Waals surface area contributed by atoms with E-state index >= 15 is 0 Å². The summed E-state index contributed by atoms with van der Waals surface area (Å²) in [5, 5.41) is 3.21. The molecule has 2 rings (SSSR count). The minimum Gasteiger partial charge on any atom is -0.496 e.